The van der Waals surface area contributed by atoms with Crippen LogP contribution >= 0.6 is 0 Å². The second kappa shape index (κ2) is 5.32. The molecule has 0 aliphatic carbocycles. The van der Waals surface area contributed by atoms with Gasteiger partial charge in [-0.05, 0) is 28.7 Å². The third kappa shape index (κ3) is 2.80. The minimum atomic E-state index is 0.332. The number of nitrogens with zero attached hydrogens (tertiary/aromatic N) is 1. The van der Waals surface area contributed by atoms with Gasteiger partial charge in [0, 0.05) is 25.7 Å². The van der Waals surface area contributed by atoms with Crippen LogP contribution < -0.4 is 5.73 Å². The molecule has 2 nitrogen and oxygen atoms in total. The highest BCUT2D eigenvalue weighted by Crippen LogP contribution is 2.22. The fourth-order valence-corrected chi connectivity index (χ4v) is 3.31. The normalized spacial score (nSPS) is 24.7. The molecular weight excluding hydrogens is 232 g/mol. The average Bonchev–Trinajstić information content (AvgIpc) is 2.38. The minimum Gasteiger partial charge on any atom is -0.327 e. The van der Waals surface area contributed by atoms with E-state index in [1.54, 1.807) is 0 Å². The van der Waals surface area contributed by atoms with Crippen molar-refractivity contribution in [2.24, 2.45) is 11.7 Å². The number of piperidine rings is 1. The lowest BCUT2D eigenvalue weighted by molar-refractivity contribution is 0.159. The van der Waals surface area contributed by atoms with Crippen molar-refractivity contribution in [2.45, 2.75) is 25.9 Å². The van der Waals surface area contributed by atoms with Crippen molar-refractivity contribution in [1.82, 2.24) is 4.90 Å². The molecule has 3 rings (SSSR count). The van der Waals surface area contributed by atoms with E-state index in [0.29, 0.717) is 12.0 Å². The number of benzene rings is 2. The van der Waals surface area contributed by atoms with Crippen LogP contribution in [0.3, 0.4) is 0 Å². The quantitative estimate of drug-likeness (QED) is 0.892. The largest absolute Gasteiger partial charge is 0.327 e. The Kier molecular flexibility index (Phi) is 3.54. The smallest absolute Gasteiger partial charge is 0.0240 e. The Morgan fingerprint density at radius 3 is 2.74 bits per heavy atom. The number of fused-ring (bicyclic) bond motifs is 1. The summed E-state index contributed by atoms with van der Waals surface area (Å²) in [6, 6.07) is 15.5. The van der Waals surface area contributed by atoms with Gasteiger partial charge < -0.3 is 5.73 Å². The number of nitrogens with two attached hydrogens (primary N) is 1. The van der Waals surface area contributed by atoms with Gasteiger partial charge in [0.1, 0.15) is 0 Å². The summed E-state index contributed by atoms with van der Waals surface area (Å²) in [5.74, 6) is 0.707. The second-order valence-electron chi connectivity index (χ2n) is 5.93. The molecule has 2 N–H and O–H groups in total. The van der Waals surface area contributed by atoms with Crippen LogP contribution in [-0.4, -0.2) is 24.0 Å². The Balaban J connectivity index is 1.85. The molecule has 1 aliphatic rings. The van der Waals surface area contributed by atoms with Crippen LogP contribution in [0.1, 0.15) is 18.9 Å². The minimum absolute atomic E-state index is 0.332. The van der Waals surface area contributed by atoms with Crippen molar-refractivity contribution in [1.29, 1.82) is 0 Å². The first-order chi connectivity index (χ1) is 9.22. The van der Waals surface area contributed by atoms with Gasteiger partial charge in [0.15, 0.2) is 0 Å². The molecular formula is C17H22N2. The highest BCUT2D eigenvalue weighted by atomic mass is 15.1. The van der Waals surface area contributed by atoms with Gasteiger partial charge in [0.2, 0.25) is 0 Å². The van der Waals surface area contributed by atoms with Gasteiger partial charge in [-0.15, -0.1) is 0 Å². The fraction of sp³-hybridized carbons (Fsp3) is 0.412. The van der Waals surface area contributed by atoms with Crippen LogP contribution in [0, 0.1) is 5.92 Å². The van der Waals surface area contributed by atoms with Gasteiger partial charge >= 0.3 is 0 Å². The molecule has 2 aromatic rings. The summed E-state index contributed by atoms with van der Waals surface area (Å²) in [5.41, 5.74) is 7.56. The Morgan fingerprint density at radius 2 is 1.89 bits per heavy atom. The highest BCUT2D eigenvalue weighted by molar-refractivity contribution is 5.85. The zero-order chi connectivity index (χ0) is 13.2. The first kappa shape index (κ1) is 12.6. The van der Waals surface area contributed by atoms with E-state index in [9.17, 15) is 0 Å². The number of hydrogen-bond donors (Lipinski definition) is 1. The van der Waals surface area contributed by atoms with E-state index in [2.05, 4.69) is 54.3 Å². The van der Waals surface area contributed by atoms with Crippen LogP contribution in [0.15, 0.2) is 42.5 Å². The van der Waals surface area contributed by atoms with Gasteiger partial charge in [-0.25, -0.2) is 0 Å². The molecule has 2 aromatic carbocycles. The molecule has 1 saturated heterocycles. The van der Waals surface area contributed by atoms with E-state index in [0.717, 1.165) is 26.1 Å². The standard InChI is InChI=1S/C17H22N2/c1-13-9-16(18)12-19(10-13)11-15-7-4-6-14-5-2-3-8-17(14)15/h2-8,13,16H,9-12,18H2,1H3. The van der Waals surface area contributed by atoms with Crippen LogP contribution in [0.4, 0.5) is 0 Å². The molecule has 0 radical (unpaired) electrons. The molecule has 0 saturated carbocycles. The van der Waals surface area contributed by atoms with E-state index in [-0.39, 0.29) is 0 Å². The van der Waals surface area contributed by atoms with Gasteiger partial charge in [-0.2, -0.15) is 0 Å². The lowest BCUT2D eigenvalue weighted by Gasteiger charge is -2.35. The van der Waals surface area contributed by atoms with Crippen molar-refractivity contribution in [3.8, 4) is 0 Å². The van der Waals surface area contributed by atoms with Crippen molar-refractivity contribution in [2.75, 3.05) is 13.1 Å². The van der Waals surface area contributed by atoms with E-state index >= 15 is 0 Å². The topological polar surface area (TPSA) is 29.3 Å². The molecule has 0 aromatic heterocycles. The maximum atomic E-state index is 6.14. The van der Waals surface area contributed by atoms with Crippen molar-refractivity contribution >= 4 is 10.8 Å². The van der Waals surface area contributed by atoms with Gasteiger partial charge in [-0.1, -0.05) is 49.4 Å². The lowest BCUT2D eigenvalue weighted by Crippen LogP contribution is -2.45. The SMILES string of the molecule is CC1CC(N)CN(Cc2cccc3ccccc23)C1. The third-order valence-electron chi connectivity index (χ3n) is 4.04. The molecule has 2 heteroatoms. The molecule has 19 heavy (non-hydrogen) atoms. The summed E-state index contributed by atoms with van der Waals surface area (Å²) in [5, 5.41) is 2.70. The van der Waals surface area contributed by atoms with Gasteiger partial charge in [0.25, 0.3) is 0 Å². The molecule has 0 spiro atoms. The Hall–Kier alpha value is -1.38. The first-order valence-corrected chi connectivity index (χ1v) is 7.17. The van der Waals surface area contributed by atoms with E-state index in [1.165, 1.54) is 16.3 Å². The zero-order valence-electron chi connectivity index (χ0n) is 11.5. The zero-order valence-corrected chi connectivity index (χ0v) is 11.5. The predicted molar refractivity (Wildman–Crippen MR) is 81.0 cm³/mol. The number of rotatable bonds is 2. The summed E-state index contributed by atoms with van der Waals surface area (Å²) < 4.78 is 0. The lowest BCUT2D eigenvalue weighted by atomic mass is 9.95. The van der Waals surface area contributed by atoms with Gasteiger partial charge in [0.05, 0.1) is 0 Å². The van der Waals surface area contributed by atoms with Crippen molar-refractivity contribution in [3.63, 3.8) is 0 Å². The fourth-order valence-electron chi connectivity index (χ4n) is 3.31. The van der Waals surface area contributed by atoms with E-state index in [1.807, 2.05) is 0 Å². The van der Waals surface area contributed by atoms with E-state index in [4.69, 9.17) is 5.73 Å². The average molecular weight is 254 g/mol. The Labute approximate surface area is 115 Å². The van der Waals surface area contributed by atoms with Crippen LogP contribution in [0.25, 0.3) is 10.8 Å². The summed E-state index contributed by atoms with van der Waals surface area (Å²) >= 11 is 0. The van der Waals surface area contributed by atoms with Gasteiger partial charge in [-0.3, -0.25) is 4.90 Å². The molecule has 100 valence electrons. The maximum absolute atomic E-state index is 6.14. The summed E-state index contributed by atoms with van der Waals surface area (Å²) in [6.07, 6.45) is 1.16. The summed E-state index contributed by atoms with van der Waals surface area (Å²) in [7, 11) is 0. The summed E-state index contributed by atoms with van der Waals surface area (Å²) in [4.78, 5) is 2.50. The maximum Gasteiger partial charge on any atom is 0.0240 e. The molecule has 0 bridgehead atoms. The molecule has 1 fully saturated rings. The Morgan fingerprint density at radius 1 is 1.11 bits per heavy atom. The number of likely N-dealkylation sites (tertiary alicyclic amines) is 1. The van der Waals surface area contributed by atoms with Crippen LogP contribution in [-0.2, 0) is 6.54 Å². The van der Waals surface area contributed by atoms with E-state index < -0.39 is 0 Å². The van der Waals surface area contributed by atoms with Crippen molar-refractivity contribution < 1.29 is 0 Å². The second-order valence-corrected chi connectivity index (χ2v) is 5.93. The monoisotopic (exact) mass is 254 g/mol. The summed E-state index contributed by atoms with van der Waals surface area (Å²) in [6.45, 7) is 5.50. The third-order valence-corrected chi connectivity index (χ3v) is 4.04. The Bertz CT molecular complexity index is 549. The highest BCUT2D eigenvalue weighted by Gasteiger charge is 2.22. The van der Waals surface area contributed by atoms with Crippen LogP contribution in [0.2, 0.25) is 0 Å². The molecule has 1 aliphatic heterocycles. The molecule has 2 atom stereocenters. The van der Waals surface area contributed by atoms with Crippen molar-refractivity contribution in [3.05, 3.63) is 48.0 Å². The predicted octanol–water partition coefficient (Wildman–Crippen LogP) is 3.01. The van der Waals surface area contributed by atoms with Crippen LogP contribution in [0.5, 0.6) is 0 Å². The first-order valence-electron chi connectivity index (χ1n) is 7.17. The number of hydrogen-bond acceptors (Lipinski definition) is 2. The molecule has 2 unspecified atom stereocenters. The molecule has 1 heterocycles. The molecule has 0 amide bonds.